The zero-order valence-corrected chi connectivity index (χ0v) is 10.6. The van der Waals surface area contributed by atoms with Gasteiger partial charge in [0.25, 0.3) is 0 Å². The minimum atomic E-state index is 0.433. The molecule has 0 fully saturated rings. The number of benzene rings is 1. The zero-order chi connectivity index (χ0) is 9.59. The van der Waals surface area contributed by atoms with Crippen LogP contribution in [0, 0.1) is 3.57 Å². The number of aromatic nitrogens is 1. The van der Waals surface area contributed by atoms with E-state index in [0.717, 1.165) is 14.5 Å². The third kappa shape index (κ3) is 1.54. The Morgan fingerprint density at radius 1 is 1.15 bits per heavy atom. The molecule has 1 N–H and O–H groups in total. The number of rotatable bonds is 0. The minimum Gasteiger partial charge on any atom is -0.343 e. The number of aromatic amines is 1. The molecular weight excluding hydrogens is 343 g/mol. The molecule has 0 atom stereocenters. The average Bonchev–Trinajstić information content (AvgIpc) is 2.38. The summed E-state index contributed by atoms with van der Waals surface area (Å²) in [4.78, 5) is 2.98. The maximum atomic E-state index is 5.98. The lowest BCUT2D eigenvalue weighted by Crippen LogP contribution is -1.75. The van der Waals surface area contributed by atoms with E-state index in [1.54, 1.807) is 0 Å². The summed E-state index contributed by atoms with van der Waals surface area (Å²) in [6.45, 7) is 0. The second-order valence-corrected chi connectivity index (χ2v) is 4.86. The van der Waals surface area contributed by atoms with Gasteiger partial charge in [0.05, 0.1) is 15.6 Å². The molecule has 1 aromatic heterocycles. The largest absolute Gasteiger partial charge is 0.343 e. The molecule has 2 rings (SSSR count). The van der Waals surface area contributed by atoms with Crippen molar-refractivity contribution in [3.8, 4) is 0 Å². The van der Waals surface area contributed by atoms with Crippen LogP contribution in [0.25, 0.3) is 10.9 Å². The third-order valence-corrected chi connectivity index (χ3v) is 3.72. The van der Waals surface area contributed by atoms with Gasteiger partial charge in [-0.15, -0.1) is 0 Å². The van der Waals surface area contributed by atoms with Crippen LogP contribution in [-0.2, 0) is 0 Å². The molecule has 0 aliphatic heterocycles. The van der Waals surface area contributed by atoms with Crippen molar-refractivity contribution in [3.63, 3.8) is 0 Å². The van der Waals surface area contributed by atoms with Gasteiger partial charge >= 0.3 is 0 Å². The summed E-state index contributed by atoms with van der Waals surface area (Å²) in [6.07, 6.45) is 0. The van der Waals surface area contributed by atoms with Gasteiger partial charge in [0.1, 0.15) is 5.15 Å². The molecule has 1 nitrogen and oxygen atoms in total. The number of H-pyrrole nitrogens is 1. The van der Waals surface area contributed by atoms with Crippen LogP contribution in [0.3, 0.4) is 0 Å². The summed E-state index contributed by atoms with van der Waals surface area (Å²) >= 11 is 20.0. The quantitative estimate of drug-likeness (QED) is 0.664. The standard InChI is InChI=1S/C8H3Cl3IN/c9-3-1-2-4(12)7-5(3)6(10)8(11)13-7/h1-2,13H. The fraction of sp³-hybridized carbons (Fsp3) is 0. The number of hydrogen-bond donors (Lipinski definition) is 1. The van der Waals surface area contributed by atoms with E-state index in [0.29, 0.717) is 15.2 Å². The van der Waals surface area contributed by atoms with Crippen molar-refractivity contribution in [2.45, 2.75) is 0 Å². The Hall–Kier alpha value is 0.360. The maximum absolute atomic E-state index is 5.98. The van der Waals surface area contributed by atoms with Crippen molar-refractivity contribution >= 4 is 68.3 Å². The van der Waals surface area contributed by atoms with Gasteiger partial charge in [0, 0.05) is 8.96 Å². The van der Waals surface area contributed by atoms with Gasteiger partial charge in [-0.25, -0.2) is 0 Å². The lowest BCUT2D eigenvalue weighted by atomic mass is 10.2. The second kappa shape index (κ2) is 3.50. The van der Waals surface area contributed by atoms with Gasteiger partial charge in [-0.2, -0.15) is 0 Å². The van der Waals surface area contributed by atoms with E-state index >= 15 is 0 Å². The lowest BCUT2D eigenvalue weighted by molar-refractivity contribution is 1.46. The summed E-state index contributed by atoms with van der Waals surface area (Å²) in [5.74, 6) is 0. The minimum absolute atomic E-state index is 0.433. The summed E-state index contributed by atoms with van der Waals surface area (Å²) in [6, 6.07) is 3.72. The first-order chi connectivity index (χ1) is 6.11. The average molecular weight is 346 g/mol. The van der Waals surface area contributed by atoms with Crippen molar-refractivity contribution in [2.75, 3.05) is 0 Å². The fourth-order valence-corrected chi connectivity index (χ4v) is 2.48. The molecule has 0 aliphatic rings. The van der Waals surface area contributed by atoms with Gasteiger partial charge in [-0.3, -0.25) is 0 Å². The Labute approximate surface area is 103 Å². The Morgan fingerprint density at radius 2 is 1.85 bits per heavy atom. The van der Waals surface area contributed by atoms with E-state index < -0.39 is 0 Å². The second-order valence-electron chi connectivity index (χ2n) is 2.53. The SMILES string of the molecule is Clc1[nH]c2c(I)ccc(Cl)c2c1Cl. The number of fused-ring (bicyclic) bond motifs is 1. The van der Waals surface area contributed by atoms with E-state index in [2.05, 4.69) is 27.6 Å². The van der Waals surface area contributed by atoms with Crippen molar-refractivity contribution < 1.29 is 0 Å². The van der Waals surface area contributed by atoms with Gasteiger partial charge in [0.15, 0.2) is 0 Å². The van der Waals surface area contributed by atoms with E-state index in [9.17, 15) is 0 Å². The molecule has 0 saturated carbocycles. The summed E-state index contributed by atoms with van der Waals surface area (Å²) in [5.41, 5.74) is 0.892. The zero-order valence-electron chi connectivity index (χ0n) is 6.17. The number of halogens is 4. The van der Waals surface area contributed by atoms with Gasteiger partial charge in [-0.1, -0.05) is 34.8 Å². The molecule has 0 bridgehead atoms. The van der Waals surface area contributed by atoms with Crippen molar-refractivity contribution in [1.29, 1.82) is 0 Å². The molecule has 0 aliphatic carbocycles. The van der Waals surface area contributed by atoms with Crippen LogP contribution >= 0.6 is 57.4 Å². The number of nitrogens with one attached hydrogen (secondary N) is 1. The van der Waals surface area contributed by atoms with Crippen LogP contribution in [-0.4, -0.2) is 4.98 Å². The van der Waals surface area contributed by atoms with Crippen LogP contribution in [0.5, 0.6) is 0 Å². The molecule has 2 aromatic rings. The molecule has 5 heteroatoms. The Bertz CT molecular complexity index is 478. The van der Waals surface area contributed by atoms with E-state index in [-0.39, 0.29) is 0 Å². The fourth-order valence-electron chi connectivity index (χ4n) is 1.16. The maximum Gasteiger partial charge on any atom is 0.126 e. The van der Waals surface area contributed by atoms with E-state index in [1.807, 2.05) is 12.1 Å². The highest BCUT2D eigenvalue weighted by Gasteiger charge is 2.12. The predicted octanol–water partition coefficient (Wildman–Crippen LogP) is 4.73. The van der Waals surface area contributed by atoms with Gasteiger partial charge in [0.2, 0.25) is 0 Å². The number of hydrogen-bond acceptors (Lipinski definition) is 0. The van der Waals surface area contributed by atoms with Crippen molar-refractivity contribution in [1.82, 2.24) is 4.98 Å². The lowest BCUT2D eigenvalue weighted by Gasteiger charge is -1.96. The van der Waals surface area contributed by atoms with Crippen LogP contribution in [0.1, 0.15) is 0 Å². The van der Waals surface area contributed by atoms with E-state index in [1.165, 1.54) is 0 Å². The summed E-state index contributed by atoms with van der Waals surface area (Å²) in [7, 11) is 0. The topological polar surface area (TPSA) is 15.8 Å². The smallest absolute Gasteiger partial charge is 0.126 e. The Balaban J connectivity index is 3.00. The van der Waals surface area contributed by atoms with Crippen LogP contribution < -0.4 is 0 Å². The monoisotopic (exact) mass is 345 g/mol. The molecule has 0 saturated heterocycles. The van der Waals surface area contributed by atoms with Crippen molar-refractivity contribution in [2.24, 2.45) is 0 Å². The highest BCUT2D eigenvalue weighted by molar-refractivity contribution is 14.1. The molecule has 1 aromatic carbocycles. The molecular formula is C8H3Cl3IN. The Kier molecular flexibility index (Phi) is 2.66. The van der Waals surface area contributed by atoms with Crippen LogP contribution in [0.4, 0.5) is 0 Å². The molecule has 0 unspecified atom stereocenters. The predicted molar refractivity (Wildman–Crippen MR) is 66.0 cm³/mol. The van der Waals surface area contributed by atoms with Crippen LogP contribution in [0.2, 0.25) is 15.2 Å². The van der Waals surface area contributed by atoms with E-state index in [4.69, 9.17) is 34.8 Å². The molecule has 1 heterocycles. The highest BCUT2D eigenvalue weighted by atomic mass is 127. The third-order valence-electron chi connectivity index (χ3n) is 1.75. The molecule has 0 amide bonds. The highest BCUT2D eigenvalue weighted by Crippen LogP contribution is 2.37. The van der Waals surface area contributed by atoms with Crippen LogP contribution in [0.15, 0.2) is 12.1 Å². The normalized spacial score (nSPS) is 11.1. The molecule has 0 radical (unpaired) electrons. The van der Waals surface area contributed by atoms with Crippen molar-refractivity contribution in [3.05, 3.63) is 30.9 Å². The summed E-state index contributed by atoms with van der Waals surface area (Å²) < 4.78 is 1.05. The first-order valence-electron chi connectivity index (χ1n) is 3.42. The molecule has 0 spiro atoms. The molecule has 13 heavy (non-hydrogen) atoms. The Morgan fingerprint density at radius 3 is 2.46 bits per heavy atom. The molecule has 68 valence electrons. The summed E-state index contributed by atoms with van der Waals surface area (Å²) in [5, 5.41) is 2.33. The first-order valence-corrected chi connectivity index (χ1v) is 5.63. The first kappa shape index (κ1) is 9.90. The van der Waals surface area contributed by atoms with Gasteiger partial charge in [-0.05, 0) is 34.7 Å². The van der Waals surface area contributed by atoms with Gasteiger partial charge < -0.3 is 4.98 Å².